The number of fused-ring (bicyclic) bond motifs is 2. The molecule has 1 amide bonds. The Morgan fingerprint density at radius 2 is 1.75 bits per heavy atom. The Balaban J connectivity index is 1.55. The molecule has 3 aromatic carbocycles. The first kappa shape index (κ1) is 23.6. The van der Waals surface area contributed by atoms with E-state index in [9.17, 15) is 13.2 Å². The summed E-state index contributed by atoms with van der Waals surface area (Å²) in [5.41, 5.74) is 6.12. The third kappa shape index (κ3) is 4.81. The predicted octanol–water partition coefficient (Wildman–Crippen LogP) is 5.35. The lowest BCUT2D eigenvalue weighted by atomic mass is 9.99. The van der Waals surface area contributed by atoms with Crippen LogP contribution in [0.5, 0.6) is 5.75 Å². The molecule has 1 aliphatic carbocycles. The molecule has 182 valence electrons. The first-order valence-corrected chi connectivity index (χ1v) is 13.4. The fraction of sp³-hybridized carbons (Fsp3) is 0.143. The Morgan fingerprint density at radius 1 is 1.00 bits per heavy atom. The molecule has 0 bridgehead atoms. The Bertz CT molecular complexity index is 1610. The van der Waals surface area contributed by atoms with E-state index in [2.05, 4.69) is 28.2 Å². The zero-order valence-corrected chi connectivity index (χ0v) is 20.7. The van der Waals surface area contributed by atoms with E-state index in [-0.39, 0.29) is 5.91 Å². The first-order chi connectivity index (χ1) is 17.3. The van der Waals surface area contributed by atoms with Gasteiger partial charge >= 0.3 is 0 Å². The number of carbonyl (C=O) groups excluding carboxylic acids is 1. The Labute approximate surface area is 209 Å². The molecule has 0 spiro atoms. The van der Waals surface area contributed by atoms with Crippen molar-refractivity contribution in [3.05, 3.63) is 95.2 Å². The maximum Gasteiger partial charge on any atom is 0.256 e. The fourth-order valence-electron chi connectivity index (χ4n) is 4.54. The summed E-state index contributed by atoms with van der Waals surface area (Å²) in [5, 5.41) is 3.75. The van der Waals surface area contributed by atoms with Crippen LogP contribution in [0.15, 0.2) is 72.8 Å². The minimum absolute atomic E-state index is 0.253. The standard InChI is InChI=1S/C28H25N3O4S/c1-35-25-17-20(13-15-24(25)31-36(2,33)34)29-28(32)26-21-10-6-7-11-23(21)30-27-19(12-14-22(26)27)16-18-8-4-3-5-9-18/h3-11,13,15-17,31H,12,14H2,1-2H3,(H,29,32)/b19-16+. The average Bonchev–Trinajstić information content (AvgIpc) is 3.25. The summed E-state index contributed by atoms with van der Waals surface area (Å²) < 4.78 is 31.0. The number of hydrogen-bond acceptors (Lipinski definition) is 5. The number of para-hydroxylation sites is 1. The van der Waals surface area contributed by atoms with Crippen LogP contribution in [-0.4, -0.2) is 32.7 Å². The van der Waals surface area contributed by atoms with Crippen LogP contribution in [0.1, 0.15) is 33.6 Å². The molecule has 1 aromatic heterocycles. The molecule has 0 radical (unpaired) electrons. The second-order valence-electron chi connectivity index (χ2n) is 8.65. The first-order valence-electron chi connectivity index (χ1n) is 11.5. The smallest absolute Gasteiger partial charge is 0.256 e. The number of amides is 1. The number of anilines is 2. The van der Waals surface area contributed by atoms with Gasteiger partial charge in [0.1, 0.15) is 5.75 Å². The highest BCUT2D eigenvalue weighted by molar-refractivity contribution is 7.92. The van der Waals surface area contributed by atoms with Gasteiger partial charge < -0.3 is 10.1 Å². The molecule has 2 N–H and O–H groups in total. The van der Waals surface area contributed by atoms with E-state index in [0.29, 0.717) is 22.7 Å². The quantitative estimate of drug-likeness (QED) is 0.373. The number of methoxy groups -OCH3 is 1. The van der Waals surface area contributed by atoms with Gasteiger partial charge in [-0.2, -0.15) is 0 Å². The number of hydrogen-bond donors (Lipinski definition) is 2. The summed E-state index contributed by atoms with van der Waals surface area (Å²) >= 11 is 0. The van der Waals surface area contributed by atoms with E-state index < -0.39 is 10.0 Å². The number of benzene rings is 3. The Hall–Kier alpha value is -4.17. The van der Waals surface area contributed by atoms with Crippen LogP contribution in [0.2, 0.25) is 0 Å². The second kappa shape index (κ2) is 9.47. The van der Waals surface area contributed by atoms with Crippen LogP contribution in [0.25, 0.3) is 22.6 Å². The molecule has 4 aromatic rings. The lowest BCUT2D eigenvalue weighted by Crippen LogP contribution is -2.16. The number of aromatic nitrogens is 1. The van der Waals surface area contributed by atoms with Crippen LogP contribution in [0, 0.1) is 0 Å². The highest BCUT2D eigenvalue weighted by Gasteiger charge is 2.27. The predicted molar refractivity (Wildman–Crippen MR) is 144 cm³/mol. The minimum Gasteiger partial charge on any atom is -0.494 e. The van der Waals surface area contributed by atoms with E-state index >= 15 is 0 Å². The summed E-state index contributed by atoms with van der Waals surface area (Å²) in [6, 6.07) is 22.5. The number of nitrogens with one attached hydrogen (secondary N) is 2. The number of carbonyl (C=O) groups is 1. The SMILES string of the molecule is COc1cc(NC(=O)c2c3c(nc4ccccc24)/C(=C/c2ccccc2)CC3)ccc1NS(C)(=O)=O. The molecule has 0 unspecified atom stereocenters. The Kier molecular flexibility index (Phi) is 6.20. The molecule has 5 rings (SSSR count). The molecule has 0 fully saturated rings. The van der Waals surface area contributed by atoms with E-state index in [0.717, 1.165) is 52.4 Å². The number of allylic oxidation sites excluding steroid dienone is 1. The van der Waals surface area contributed by atoms with Crippen molar-refractivity contribution in [2.75, 3.05) is 23.4 Å². The second-order valence-corrected chi connectivity index (χ2v) is 10.4. The van der Waals surface area contributed by atoms with Crippen LogP contribution < -0.4 is 14.8 Å². The van der Waals surface area contributed by atoms with Gasteiger partial charge in [-0.1, -0.05) is 48.5 Å². The zero-order valence-electron chi connectivity index (χ0n) is 19.9. The average molecular weight is 500 g/mol. The van der Waals surface area contributed by atoms with E-state index in [1.54, 1.807) is 18.2 Å². The summed E-state index contributed by atoms with van der Waals surface area (Å²) in [6.45, 7) is 0. The van der Waals surface area contributed by atoms with Gasteiger partial charge in [-0.3, -0.25) is 9.52 Å². The van der Waals surface area contributed by atoms with Crippen molar-refractivity contribution in [1.29, 1.82) is 0 Å². The maximum atomic E-state index is 13.7. The highest BCUT2D eigenvalue weighted by Crippen LogP contribution is 2.38. The summed E-state index contributed by atoms with van der Waals surface area (Å²) in [7, 11) is -2.03. The van der Waals surface area contributed by atoms with Gasteiger partial charge in [0, 0.05) is 17.1 Å². The van der Waals surface area contributed by atoms with Gasteiger partial charge in [0.05, 0.1) is 35.8 Å². The van der Waals surface area contributed by atoms with Crippen molar-refractivity contribution < 1.29 is 17.9 Å². The van der Waals surface area contributed by atoms with Crippen molar-refractivity contribution in [2.24, 2.45) is 0 Å². The van der Waals surface area contributed by atoms with Gasteiger partial charge in [0.2, 0.25) is 10.0 Å². The van der Waals surface area contributed by atoms with Crippen LogP contribution in [0.4, 0.5) is 11.4 Å². The third-order valence-corrected chi connectivity index (χ3v) is 6.65. The maximum absolute atomic E-state index is 13.7. The summed E-state index contributed by atoms with van der Waals surface area (Å²) in [6.07, 6.45) is 4.72. The molecule has 0 atom stereocenters. The summed E-state index contributed by atoms with van der Waals surface area (Å²) in [5.74, 6) is 0.0489. The molecule has 0 saturated heterocycles. The van der Waals surface area contributed by atoms with Gasteiger partial charge in [0.15, 0.2) is 0 Å². The highest BCUT2D eigenvalue weighted by atomic mass is 32.2. The van der Waals surface area contributed by atoms with Crippen molar-refractivity contribution in [3.63, 3.8) is 0 Å². The minimum atomic E-state index is -3.48. The number of nitrogens with zero attached hydrogens (tertiary/aromatic N) is 1. The fourth-order valence-corrected chi connectivity index (χ4v) is 5.10. The topological polar surface area (TPSA) is 97.4 Å². The number of rotatable bonds is 6. The molecule has 8 heteroatoms. The third-order valence-electron chi connectivity index (χ3n) is 6.06. The molecule has 1 aliphatic rings. The molecular weight excluding hydrogens is 474 g/mol. The molecule has 1 heterocycles. The summed E-state index contributed by atoms with van der Waals surface area (Å²) in [4.78, 5) is 18.6. The van der Waals surface area contributed by atoms with Crippen LogP contribution in [0.3, 0.4) is 0 Å². The molecule has 7 nitrogen and oxygen atoms in total. The van der Waals surface area contributed by atoms with Gasteiger partial charge in [-0.25, -0.2) is 13.4 Å². The monoisotopic (exact) mass is 499 g/mol. The van der Waals surface area contributed by atoms with Crippen molar-refractivity contribution >= 4 is 49.9 Å². The van der Waals surface area contributed by atoms with Crippen LogP contribution in [-0.2, 0) is 16.4 Å². The molecule has 0 saturated carbocycles. The molecular formula is C28H25N3O4S. The van der Waals surface area contributed by atoms with Gasteiger partial charge in [0.25, 0.3) is 5.91 Å². The van der Waals surface area contributed by atoms with E-state index in [1.807, 2.05) is 42.5 Å². The molecule has 0 aliphatic heterocycles. The molecule has 36 heavy (non-hydrogen) atoms. The zero-order chi connectivity index (χ0) is 25.3. The number of pyridine rings is 1. The van der Waals surface area contributed by atoms with E-state index in [4.69, 9.17) is 9.72 Å². The van der Waals surface area contributed by atoms with E-state index in [1.165, 1.54) is 7.11 Å². The van der Waals surface area contributed by atoms with Gasteiger partial charge in [-0.05, 0) is 53.8 Å². The lowest BCUT2D eigenvalue weighted by molar-refractivity contribution is 0.102. The Morgan fingerprint density at radius 3 is 2.50 bits per heavy atom. The van der Waals surface area contributed by atoms with Crippen molar-refractivity contribution in [2.45, 2.75) is 12.8 Å². The number of ether oxygens (including phenoxy) is 1. The normalized spacial score (nSPS) is 14.0. The van der Waals surface area contributed by atoms with Crippen molar-refractivity contribution in [3.8, 4) is 5.75 Å². The largest absolute Gasteiger partial charge is 0.494 e. The van der Waals surface area contributed by atoms with Crippen LogP contribution >= 0.6 is 0 Å². The lowest BCUT2D eigenvalue weighted by Gasteiger charge is -2.15. The number of sulfonamides is 1. The van der Waals surface area contributed by atoms with Crippen molar-refractivity contribution in [1.82, 2.24) is 4.98 Å². The van der Waals surface area contributed by atoms with Gasteiger partial charge in [-0.15, -0.1) is 0 Å².